The first kappa shape index (κ1) is 24.1. The van der Waals surface area contributed by atoms with E-state index < -0.39 is 32.5 Å². The quantitative estimate of drug-likeness (QED) is 0.355. The Hall–Kier alpha value is -4.06. The van der Waals surface area contributed by atoms with E-state index in [1.165, 1.54) is 15.2 Å². The zero-order valence-electron chi connectivity index (χ0n) is 19.0. The third-order valence-electron chi connectivity index (χ3n) is 5.44. The van der Waals surface area contributed by atoms with Crippen LogP contribution in [0.1, 0.15) is 52.3 Å². The van der Waals surface area contributed by atoms with Crippen LogP contribution in [0.25, 0.3) is 17.0 Å². The van der Waals surface area contributed by atoms with Crippen LogP contribution in [0.2, 0.25) is 0 Å². The molecule has 3 heterocycles. The summed E-state index contributed by atoms with van der Waals surface area (Å²) >= 11 is 0. The molecule has 4 aromatic rings. The highest BCUT2D eigenvalue weighted by Gasteiger charge is 2.29. The van der Waals surface area contributed by atoms with Crippen molar-refractivity contribution in [3.63, 3.8) is 0 Å². The Morgan fingerprint density at radius 3 is 2.26 bits per heavy atom. The van der Waals surface area contributed by atoms with Crippen LogP contribution in [-0.4, -0.2) is 60.7 Å². The molecule has 0 aliphatic heterocycles. The number of unbranched alkanes of at least 4 members (excludes halogenated alkanes) is 1. The van der Waals surface area contributed by atoms with Crippen molar-refractivity contribution in [2.24, 2.45) is 0 Å². The lowest BCUT2D eigenvalue weighted by Gasteiger charge is -2.10. The molecule has 0 aliphatic rings. The van der Waals surface area contributed by atoms with Crippen molar-refractivity contribution in [2.45, 2.75) is 37.8 Å². The Kier molecular flexibility index (Phi) is 6.39. The van der Waals surface area contributed by atoms with E-state index in [1.807, 2.05) is 13.0 Å². The van der Waals surface area contributed by atoms with Crippen molar-refractivity contribution in [1.82, 2.24) is 23.9 Å². The number of sulfone groups is 1. The van der Waals surface area contributed by atoms with Crippen molar-refractivity contribution in [3.05, 3.63) is 65.5 Å². The standard InChI is InChI=1S/C23H23N5O6S/c1-3-4-10-16-25-20(35(2,33)34)19(22(31)32)28(16)13-15-11-12-27-18(21(29)30)17(26-23(27)24-15)14-8-6-5-7-9-14/h5-9,11-12H,3-4,10,13H2,1-2H3,(H,29,30)(H,31,32). The number of fused-ring (bicyclic) bond motifs is 1. The van der Waals surface area contributed by atoms with Crippen molar-refractivity contribution in [2.75, 3.05) is 6.26 Å². The van der Waals surface area contributed by atoms with Gasteiger partial charge in [-0.3, -0.25) is 4.40 Å². The highest BCUT2D eigenvalue weighted by molar-refractivity contribution is 7.90. The fraction of sp³-hybridized carbons (Fsp3) is 0.261. The van der Waals surface area contributed by atoms with E-state index in [2.05, 4.69) is 15.0 Å². The molecule has 0 atom stereocenters. The molecule has 0 amide bonds. The predicted octanol–water partition coefficient (Wildman–Crippen LogP) is 2.78. The molecule has 35 heavy (non-hydrogen) atoms. The van der Waals surface area contributed by atoms with Crippen LogP contribution in [0.5, 0.6) is 0 Å². The topological polar surface area (TPSA) is 157 Å². The van der Waals surface area contributed by atoms with Crippen LogP contribution in [0.15, 0.2) is 47.6 Å². The third-order valence-corrected chi connectivity index (χ3v) is 6.43. The second kappa shape index (κ2) is 9.29. The van der Waals surface area contributed by atoms with Gasteiger partial charge in [0.25, 0.3) is 0 Å². The molecule has 182 valence electrons. The molecule has 1 aromatic carbocycles. The molecule has 11 nitrogen and oxygen atoms in total. The van der Waals surface area contributed by atoms with Crippen LogP contribution < -0.4 is 0 Å². The maximum Gasteiger partial charge on any atom is 0.355 e. The number of hydrogen-bond acceptors (Lipinski definition) is 7. The Labute approximate surface area is 200 Å². The van der Waals surface area contributed by atoms with Crippen LogP contribution in [0, 0.1) is 0 Å². The molecule has 0 radical (unpaired) electrons. The van der Waals surface area contributed by atoms with Crippen molar-refractivity contribution in [1.29, 1.82) is 0 Å². The van der Waals surface area contributed by atoms with Crippen molar-refractivity contribution >= 4 is 27.6 Å². The van der Waals surface area contributed by atoms with E-state index in [1.54, 1.807) is 30.3 Å². The van der Waals surface area contributed by atoms with Crippen molar-refractivity contribution < 1.29 is 28.2 Å². The maximum atomic E-state index is 12.2. The number of carboxylic acids is 2. The maximum absolute atomic E-state index is 12.2. The van der Waals surface area contributed by atoms with E-state index in [0.29, 0.717) is 29.9 Å². The molecule has 0 unspecified atom stereocenters. The van der Waals surface area contributed by atoms with Gasteiger partial charge in [0.05, 0.1) is 12.2 Å². The third kappa shape index (κ3) is 4.64. The summed E-state index contributed by atoms with van der Waals surface area (Å²) in [6.45, 7) is 1.89. The number of aromatic nitrogens is 5. The SMILES string of the molecule is CCCCc1nc(S(C)(=O)=O)c(C(=O)O)n1Cc1ccn2c(C(=O)O)c(-c3ccccc3)nc2n1. The summed E-state index contributed by atoms with van der Waals surface area (Å²) in [7, 11) is -3.89. The lowest BCUT2D eigenvalue weighted by atomic mass is 10.1. The van der Waals surface area contributed by atoms with Gasteiger partial charge in [0.2, 0.25) is 5.78 Å². The summed E-state index contributed by atoms with van der Waals surface area (Å²) in [6, 6.07) is 10.4. The van der Waals surface area contributed by atoms with Crippen LogP contribution in [-0.2, 0) is 22.8 Å². The monoisotopic (exact) mass is 497 g/mol. The summed E-state index contributed by atoms with van der Waals surface area (Å²) in [5, 5.41) is 19.1. The zero-order chi connectivity index (χ0) is 25.3. The van der Waals surface area contributed by atoms with E-state index in [-0.39, 0.29) is 23.7 Å². The predicted molar refractivity (Wildman–Crippen MR) is 125 cm³/mol. The van der Waals surface area contributed by atoms with Gasteiger partial charge in [-0.2, -0.15) is 0 Å². The first-order valence-electron chi connectivity index (χ1n) is 10.8. The Morgan fingerprint density at radius 2 is 1.66 bits per heavy atom. The highest BCUT2D eigenvalue weighted by atomic mass is 32.2. The number of nitrogens with zero attached hydrogens (tertiary/aromatic N) is 5. The number of rotatable bonds is 9. The van der Waals surface area contributed by atoms with E-state index in [4.69, 9.17) is 0 Å². The summed E-state index contributed by atoms with van der Waals surface area (Å²) < 4.78 is 27.2. The molecule has 0 saturated heterocycles. The zero-order valence-corrected chi connectivity index (χ0v) is 19.9. The van der Waals surface area contributed by atoms with E-state index >= 15 is 0 Å². The van der Waals surface area contributed by atoms with Gasteiger partial charge in [-0.15, -0.1) is 0 Å². The summed E-state index contributed by atoms with van der Waals surface area (Å²) in [5.74, 6) is -2.14. The average molecular weight is 498 g/mol. The normalized spacial score (nSPS) is 11.7. The van der Waals surface area contributed by atoms with Gasteiger partial charge in [-0.25, -0.2) is 33.0 Å². The van der Waals surface area contributed by atoms with Gasteiger partial charge < -0.3 is 14.8 Å². The molecule has 0 fully saturated rings. The Morgan fingerprint density at radius 1 is 0.971 bits per heavy atom. The minimum atomic E-state index is -3.89. The molecular formula is C23H23N5O6S. The smallest absolute Gasteiger partial charge is 0.355 e. The number of benzene rings is 1. The number of aryl methyl sites for hydroxylation is 1. The van der Waals surface area contributed by atoms with Crippen molar-refractivity contribution in [3.8, 4) is 11.3 Å². The molecule has 0 spiro atoms. The van der Waals surface area contributed by atoms with Crippen LogP contribution in [0.4, 0.5) is 0 Å². The number of hydrogen-bond donors (Lipinski definition) is 2. The first-order valence-corrected chi connectivity index (χ1v) is 12.7. The fourth-order valence-electron chi connectivity index (χ4n) is 3.86. The first-order chi connectivity index (χ1) is 16.6. The second-order valence-corrected chi connectivity index (χ2v) is 9.95. The molecule has 0 aliphatic carbocycles. The largest absolute Gasteiger partial charge is 0.476 e. The number of carbonyl (C=O) groups is 2. The Balaban J connectivity index is 1.85. The number of carboxylic acid groups (broad SMARTS) is 2. The molecule has 0 bridgehead atoms. The average Bonchev–Trinajstić information content (AvgIpc) is 3.37. The molecule has 0 saturated carbocycles. The summed E-state index contributed by atoms with van der Waals surface area (Å²) in [4.78, 5) is 37.0. The number of imidazole rings is 2. The van der Waals surface area contributed by atoms with E-state index in [0.717, 1.165) is 12.7 Å². The van der Waals surface area contributed by atoms with Gasteiger partial charge in [-0.1, -0.05) is 43.7 Å². The molecule has 12 heteroatoms. The van der Waals surface area contributed by atoms with Gasteiger partial charge in [0.15, 0.2) is 26.3 Å². The lowest BCUT2D eigenvalue weighted by Crippen LogP contribution is -2.16. The molecule has 4 rings (SSSR count). The van der Waals surface area contributed by atoms with Gasteiger partial charge >= 0.3 is 11.9 Å². The fourth-order valence-corrected chi connectivity index (χ4v) is 4.68. The minimum absolute atomic E-state index is 0.0536. The van der Waals surface area contributed by atoms with Gasteiger partial charge in [-0.05, 0) is 12.5 Å². The number of aromatic carboxylic acids is 2. The molecule has 2 N–H and O–H groups in total. The lowest BCUT2D eigenvalue weighted by molar-refractivity contribution is 0.0673. The Bertz CT molecular complexity index is 1540. The summed E-state index contributed by atoms with van der Waals surface area (Å²) in [5.41, 5.74) is 0.748. The minimum Gasteiger partial charge on any atom is -0.476 e. The van der Waals surface area contributed by atoms with E-state index in [9.17, 15) is 28.2 Å². The second-order valence-electron chi connectivity index (χ2n) is 8.02. The molecule has 3 aromatic heterocycles. The van der Waals surface area contributed by atoms with Crippen LogP contribution in [0.3, 0.4) is 0 Å². The van der Waals surface area contributed by atoms with Gasteiger partial charge in [0, 0.05) is 24.4 Å². The summed E-state index contributed by atoms with van der Waals surface area (Å²) in [6.07, 6.45) is 4.31. The van der Waals surface area contributed by atoms with Gasteiger partial charge in [0.1, 0.15) is 11.5 Å². The molecular weight excluding hydrogens is 474 g/mol. The van der Waals surface area contributed by atoms with Crippen LogP contribution >= 0.6 is 0 Å². The highest BCUT2D eigenvalue weighted by Crippen LogP contribution is 2.25.